The molecule has 0 unspecified atom stereocenters. The lowest BCUT2D eigenvalue weighted by molar-refractivity contribution is -0.116. The number of hydrogen-bond acceptors (Lipinski definition) is 8. The normalized spacial score (nSPS) is 10.5. The molecule has 1 aromatic carbocycles. The van der Waals surface area contributed by atoms with Crippen LogP contribution in [-0.4, -0.2) is 30.4 Å². The molecule has 4 aromatic rings. The molecule has 3 N–H and O–H groups in total. The minimum absolute atomic E-state index is 0.111. The van der Waals surface area contributed by atoms with E-state index in [9.17, 15) is 9.59 Å². The molecule has 0 spiro atoms. The van der Waals surface area contributed by atoms with E-state index in [1.165, 1.54) is 17.2 Å². The van der Waals surface area contributed by atoms with Gasteiger partial charge in [0.1, 0.15) is 30.3 Å². The second-order valence-corrected chi connectivity index (χ2v) is 7.27. The number of rotatable bonds is 7. The molecule has 0 saturated heterocycles. The number of hydrogen-bond donors (Lipinski definition) is 3. The van der Waals surface area contributed by atoms with Gasteiger partial charge in [0.2, 0.25) is 5.91 Å². The van der Waals surface area contributed by atoms with Gasteiger partial charge in [-0.3, -0.25) is 14.2 Å². The van der Waals surface area contributed by atoms with Gasteiger partial charge in [-0.25, -0.2) is 19.9 Å². The molecular formula is C23H22N8O2. The molecule has 4 rings (SSSR count). The third kappa shape index (κ3) is 5.56. The molecule has 0 saturated carbocycles. The summed E-state index contributed by atoms with van der Waals surface area (Å²) in [7, 11) is 0. The van der Waals surface area contributed by atoms with E-state index in [1.54, 1.807) is 38.2 Å². The number of carbonyl (C=O) groups excluding carboxylic acids is 1. The highest BCUT2D eigenvalue weighted by molar-refractivity contribution is 5.90. The van der Waals surface area contributed by atoms with E-state index >= 15 is 0 Å². The number of pyridine rings is 1. The molecular weight excluding hydrogens is 420 g/mol. The number of amides is 1. The summed E-state index contributed by atoms with van der Waals surface area (Å²) in [5.74, 6) is 1.57. The first-order valence-electron chi connectivity index (χ1n) is 10.2. The standard InChI is InChI=1S/C23H22N8O2/c1-15-16(2)27-14-31(23(15)33)12-22(32)29-18-8-6-17(7-9-18)28-20-11-21(26-13-25-20)30-19-5-3-4-10-24-19/h3-11,13-14H,12H2,1-2H3,(H,29,32)(H2,24,25,26,28,30). The molecule has 0 radical (unpaired) electrons. The van der Waals surface area contributed by atoms with Crippen molar-refractivity contribution in [3.63, 3.8) is 0 Å². The number of aromatic nitrogens is 5. The average Bonchev–Trinajstić information content (AvgIpc) is 2.82. The Morgan fingerprint density at radius 1 is 0.879 bits per heavy atom. The lowest BCUT2D eigenvalue weighted by atomic mass is 10.2. The van der Waals surface area contributed by atoms with E-state index in [0.29, 0.717) is 34.4 Å². The van der Waals surface area contributed by atoms with Gasteiger partial charge in [-0.2, -0.15) is 0 Å². The summed E-state index contributed by atoms with van der Waals surface area (Å²) in [5.41, 5.74) is 2.35. The van der Waals surface area contributed by atoms with Crippen LogP contribution in [0.3, 0.4) is 0 Å². The largest absolute Gasteiger partial charge is 0.340 e. The van der Waals surface area contributed by atoms with E-state index in [2.05, 4.69) is 35.9 Å². The molecule has 10 nitrogen and oxygen atoms in total. The minimum atomic E-state index is -0.316. The summed E-state index contributed by atoms with van der Waals surface area (Å²) in [6.07, 6.45) is 4.53. The number of carbonyl (C=O) groups is 1. The molecule has 1 amide bonds. The first-order valence-corrected chi connectivity index (χ1v) is 10.2. The van der Waals surface area contributed by atoms with Gasteiger partial charge in [0.25, 0.3) is 5.56 Å². The van der Waals surface area contributed by atoms with Crippen molar-refractivity contribution in [2.75, 3.05) is 16.0 Å². The maximum Gasteiger partial charge on any atom is 0.256 e. The molecule has 0 atom stereocenters. The predicted molar refractivity (Wildman–Crippen MR) is 126 cm³/mol. The van der Waals surface area contributed by atoms with Crippen LogP contribution in [0.15, 0.2) is 72.2 Å². The quantitative estimate of drug-likeness (QED) is 0.398. The Kier molecular flexibility index (Phi) is 6.35. The molecule has 3 heterocycles. The Morgan fingerprint density at radius 2 is 1.61 bits per heavy atom. The van der Waals surface area contributed by atoms with Gasteiger partial charge < -0.3 is 16.0 Å². The molecule has 3 aromatic heterocycles. The molecule has 0 fully saturated rings. The van der Waals surface area contributed by atoms with Gasteiger partial charge in [-0.05, 0) is 50.2 Å². The Labute approximate surface area is 189 Å². The maximum atomic E-state index is 12.4. The molecule has 0 aliphatic heterocycles. The van der Waals surface area contributed by atoms with Crippen LogP contribution < -0.4 is 21.5 Å². The summed E-state index contributed by atoms with van der Waals surface area (Å²) in [4.78, 5) is 41.4. The molecule has 0 aliphatic carbocycles. The van der Waals surface area contributed by atoms with E-state index < -0.39 is 0 Å². The second kappa shape index (κ2) is 9.69. The third-order valence-corrected chi connectivity index (χ3v) is 4.86. The smallest absolute Gasteiger partial charge is 0.256 e. The first kappa shape index (κ1) is 21.6. The molecule has 10 heteroatoms. The number of benzene rings is 1. The highest BCUT2D eigenvalue weighted by Gasteiger charge is 2.09. The zero-order valence-electron chi connectivity index (χ0n) is 18.1. The van der Waals surface area contributed by atoms with E-state index in [1.807, 2.05) is 30.3 Å². The summed E-state index contributed by atoms with van der Waals surface area (Å²) in [6.45, 7) is 3.34. The average molecular weight is 442 g/mol. The van der Waals surface area contributed by atoms with Gasteiger partial charge in [0.05, 0.1) is 6.33 Å². The fourth-order valence-corrected chi connectivity index (χ4v) is 2.99. The van der Waals surface area contributed by atoms with Gasteiger partial charge in [0, 0.05) is 34.9 Å². The van der Waals surface area contributed by atoms with Gasteiger partial charge in [-0.1, -0.05) is 6.07 Å². The van der Waals surface area contributed by atoms with Crippen LogP contribution in [0, 0.1) is 13.8 Å². The van der Waals surface area contributed by atoms with Crippen molar-refractivity contribution in [1.82, 2.24) is 24.5 Å². The van der Waals surface area contributed by atoms with Crippen molar-refractivity contribution < 1.29 is 4.79 Å². The van der Waals surface area contributed by atoms with Crippen LogP contribution in [0.1, 0.15) is 11.3 Å². The van der Waals surface area contributed by atoms with Crippen LogP contribution in [0.5, 0.6) is 0 Å². The first-order chi connectivity index (χ1) is 16.0. The van der Waals surface area contributed by atoms with Crippen molar-refractivity contribution in [3.8, 4) is 0 Å². The lowest BCUT2D eigenvalue weighted by Crippen LogP contribution is -2.29. The maximum absolute atomic E-state index is 12.4. The monoisotopic (exact) mass is 442 g/mol. The Hall–Kier alpha value is -4.60. The minimum Gasteiger partial charge on any atom is -0.340 e. The van der Waals surface area contributed by atoms with Crippen LogP contribution in [0.25, 0.3) is 0 Å². The van der Waals surface area contributed by atoms with Crippen LogP contribution >= 0.6 is 0 Å². The molecule has 166 valence electrons. The number of nitrogens with one attached hydrogen (secondary N) is 3. The lowest BCUT2D eigenvalue weighted by Gasteiger charge is -2.10. The van der Waals surface area contributed by atoms with Gasteiger partial charge in [-0.15, -0.1) is 0 Å². The number of anilines is 5. The zero-order valence-corrected chi connectivity index (χ0v) is 18.1. The Bertz CT molecular complexity index is 1320. The van der Waals surface area contributed by atoms with Gasteiger partial charge >= 0.3 is 0 Å². The van der Waals surface area contributed by atoms with Crippen molar-refractivity contribution in [1.29, 1.82) is 0 Å². The Morgan fingerprint density at radius 3 is 2.33 bits per heavy atom. The van der Waals surface area contributed by atoms with Crippen LogP contribution in [0.2, 0.25) is 0 Å². The van der Waals surface area contributed by atoms with Crippen molar-refractivity contribution in [3.05, 3.63) is 89.0 Å². The van der Waals surface area contributed by atoms with E-state index in [-0.39, 0.29) is 18.0 Å². The van der Waals surface area contributed by atoms with Crippen molar-refractivity contribution in [2.24, 2.45) is 0 Å². The summed E-state index contributed by atoms with van der Waals surface area (Å²) in [5, 5.41) is 9.09. The Balaban J connectivity index is 1.37. The topological polar surface area (TPSA) is 127 Å². The van der Waals surface area contributed by atoms with E-state index in [0.717, 1.165) is 5.69 Å². The number of aryl methyl sites for hydroxylation is 1. The fraction of sp³-hybridized carbons (Fsp3) is 0.130. The molecule has 33 heavy (non-hydrogen) atoms. The second-order valence-electron chi connectivity index (χ2n) is 7.27. The summed E-state index contributed by atoms with van der Waals surface area (Å²) < 4.78 is 1.29. The van der Waals surface area contributed by atoms with Crippen molar-refractivity contribution >= 4 is 34.7 Å². The SMILES string of the molecule is Cc1ncn(CC(=O)Nc2ccc(Nc3cc(Nc4ccccn4)ncn3)cc2)c(=O)c1C. The summed E-state index contributed by atoms with van der Waals surface area (Å²) in [6, 6.07) is 14.5. The van der Waals surface area contributed by atoms with E-state index in [4.69, 9.17) is 0 Å². The van der Waals surface area contributed by atoms with Gasteiger partial charge in [0.15, 0.2) is 0 Å². The molecule has 0 bridgehead atoms. The predicted octanol–water partition coefficient (Wildman–Crippen LogP) is 3.17. The highest BCUT2D eigenvalue weighted by Crippen LogP contribution is 2.20. The van der Waals surface area contributed by atoms with Crippen molar-refractivity contribution in [2.45, 2.75) is 20.4 Å². The zero-order chi connectivity index (χ0) is 23.2. The molecule has 0 aliphatic rings. The third-order valence-electron chi connectivity index (χ3n) is 4.86. The van der Waals surface area contributed by atoms with Crippen LogP contribution in [-0.2, 0) is 11.3 Å². The fourth-order valence-electron chi connectivity index (χ4n) is 2.99. The summed E-state index contributed by atoms with van der Waals surface area (Å²) >= 11 is 0. The van der Waals surface area contributed by atoms with Crippen LogP contribution in [0.4, 0.5) is 28.8 Å². The highest BCUT2D eigenvalue weighted by atomic mass is 16.2. The number of nitrogens with zero attached hydrogens (tertiary/aromatic N) is 5.